The number of hydrogen-bond acceptors (Lipinski definition) is 3. The molecule has 0 saturated carbocycles. The van der Waals surface area contributed by atoms with Gasteiger partial charge in [-0.1, -0.05) is 42.0 Å². The van der Waals surface area contributed by atoms with Crippen LogP contribution in [0.25, 0.3) is 17.1 Å². The quantitative estimate of drug-likeness (QED) is 0.527. The maximum absolute atomic E-state index is 9.39. The van der Waals surface area contributed by atoms with Crippen molar-refractivity contribution in [3.8, 4) is 6.07 Å². The van der Waals surface area contributed by atoms with Gasteiger partial charge in [0, 0.05) is 7.05 Å². The van der Waals surface area contributed by atoms with Crippen LogP contribution in [0, 0.1) is 18.3 Å². The number of nitriles is 1. The number of benzene rings is 2. The van der Waals surface area contributed by atoms with Gasteiger partial charge in [0.15, 0.2) is 5.16 Å². The van der Waals surface area contributed by atoms with E-state index >= 15 is 0 Å². The molecular formula is C18H15N3S. The van der Waals surface area contributed by atoms with Crippen LogP contribution in [0.2, 0.25) is 0 Å². The number of aromatic nitrogens is 2. The van der Waals surface area contributed by atoms with Crippen molar-refractivity contribution in [1.29, 1.82) is 5.26 Å². The molecule has 0 atom stereocenters. The van der Waals surface area contributed by atoms with Crippen LogP contribution in [0.4, 0.5) is 0 Å². The Labute approximate surface area is 133 Å². The third-order valence-electron chi connectivity index (χ3n) is 3.43. The molecule has 0 bridgehead atoms. The first-order valence-corrected chi connectivity index (χ1v) is 7.77. The lowest BCUT2D eigenvalue weighted by Crippen LogP contribution is -1.90. The van der Waals surface area contributed by atoms with Crippen molar-refractivity contribution in [1.82, 2.24) is 9.55 Å². The lowest BCUT2D eigenvalue weighted by molar-refractivity contribution is 0.817. The standard InChI is InChI=1S/C18H15N3S/c1-13-7-9-14(10-8-13)11-15(12-19)22-18-20-16-5-3-4-6-17(16)21(18)2/h3-11H,1-2H3. The topological polar surface area (TPSA) is 41.6 Å². The summed E-state index contributed by atoms with van der Waals surface area (Å²) in [5.41, 5.74) is 4.24. The summed E-state index contributed by atoms with van der Waals surface area (Å²) in [7, 11) is 1.97. The van der Waals surface area contributed by atoms with Crippen LogP contribution in [0.1, 0.15) is 11.1 Å². The van der Waals surface area contributed by atoms with E-state index in [1.807, 2.05) is 73.1 Å². The first-order valence-electron chi connectivity index (χ1n) is 6.95. The highest BCUT2D eigenvalue weighted by Gasteiger charge is 2.10. The average Bonchev–Trinajstić information content (AvgIpc) is 2.85. The number of allylic oxidation sites excluding steroid dienone is 1. The maximum Gasteiger partial charge on any atom is 0.174 e. The predicted molar refractivity (Wildman–Crippen MR) is 91.3 cm³/mol. The second-order valence-electron chi connectivity index (χ2n) is 5.08. The van der Waals surface area contributed by atoms with Gasteiger partial charge >= 0.3 is 0 Å². The van der Waals surface area contributed by atoms with Crippen molar-refractivity contribution in [2.45, 2.75) is 12.1 Å². The minimum atomic E-state index is 0.627. The molecule has 1 heterocycles. The molecule has 0 saturated heterocycles. The molecule has 4 heteroatoms. The van der Waals surface area contributed by atoms with Crippen molar-refractivity contribution < 1.29 is 0 Å². The van der Waals surface area contributed by atoms with Crippen LogP contribution >= 0.6 is 11.8 Å². The largest absolute Gasteiger partial charge is 0.322 e. The molecule has 3 nitrogen and oxygen atoms in total. The molecule has 0 spiro atoms. The Kier molecular flexibility index (Phi) is 3.99. The second kappa shape index (κ2) is 6.08. The van der Waals surface area contributed by atoms with Gasteiger partial charge in [-0.3, -0.25) is 0 Å². The molecule has 108 valence electrons. The molecule has 2 aromatic carbocycles. The third kappa shape index (κ3) is 2.90. The highest BCUT2D eigenvalue weighted by molar-refractivity contribution is 8.03. The molecular weight excluding hydrogens is 290 g/mol. The van der Waals surface area contributed by atoms with Gasteiger partial charge in [0.05, 0.1) is 15.9 Å². The molecule has 0 N–H and O–H groups in total. The van der Waals surface area contributed by atoms with E-state index in [1.165, 1.54) is 17.3 Å². The van der Waals surface area contributed by atoms with Crippen molar-refractivity contribution in [3.63, 3.8) is 0 Å². The summed E-state index contributed by atoms with van der Waals surface area (Å²) in [6, 6.07) is 18.3. The molecule has 3 aromatic rings. The van der Waals surface area contributed by atoms with Crippen molar-refractivity contribution in [2.24, 2.45) is 7.05 Å². The highest BCUT2D eigenvalue weighted by Crippen LogP contribution is 2.29. The molecule has 3 rings (SSSR count). The predicted octanol–water partition coefficient (Wildman–Crippen LogP) is 4.54. The number of para-hydroxylation sites is 2. The Morgan fingerprint density at radius 3 is 2.59 bits per heavy atom. The fourth-order valence-corrected chi connectivity index (χ4v) is 3.03. The van der Waals surface area contributed by atoms with Crippen LogP contribution in [0.5, 0.6) is 0 Å². The van der Waals surface area contributed by atoms with Crippen LogP contribution in [-0.2, 0) is 7.05 Å². The Balaban J connectivity index is 1.93. The van der Waals surface area contributed by atoms with E-state index in [2.05, 4.69) is 11.1 Å². The van der Waals surface area contributed by atoms with Gasteiger partial charge in [0.1, 0.15) is 6.07 Å². The lowest BCUT2D eigenvalue weighted by atomic mass is 10.1. The number of aryl methyl sites for hydroxylation is 2. The van der Waals surface area contributed by atoms with E-state index in [0.717, 1.165) is 21.8 Å². The summed E-state index contributed by atoms with van der Waals surface area (Å²) in [4.78, 5) is 5.22. The van der Waals surface area contributed by atoms with Gasteiger partial charge in [0.2, 0.25) is 0 Å². The fourth-order valence-electron chi connectivity index (χ4n) is 2.21. The molecule has 0 aliphatic rings. The van der Waals surface area contributed by atoms with Crippen molar-refractivity contribution in [2.75, 3.05) is 0 Å². The molecule has 22 heavy (non-hydrogen) atoms. The summed E-state index contributed by atoms with van der Waals surface area (Å²) in [5, 5.41) is 10.2. The molecule has 0 amide bonds. The van der Waals surface area contributed by atoms with Crippen molar-refractivity contribution >= 4 is 28.9 Å². The minimum Gasteiger partial charge on any atom is -0.322 e. The normalized spacial score (nSPS) is 11.6. The number of imidazole rings is 1. The zero-order valence-corrected chi connectivity index (χ0v) is 13.3. The van der Waals surface area contributed by atoms with Gasteiger partial charge < -0.3 is 4.57 Å². The zero-order chi connectivity index (χ0) is 15.5. The molecule has 0 aliphatic heterocycles. The fraction of sp³-hybridized carbons (Fsp3) is 0.111. The summed E-state index contributed by atoms with van der Waals surface area (Å²) in [5.74, 6) is 0. The van der Waals surface area contributed by atoms with Crippen LogP contribution in [0.3, 0.4) is 0 Å². The Bertz CT molecular complexity index is 883. The first kappa shape index (κ1) is 14.4. The molecule has 0 unspecified atom stereocenters. The minimum absolute atomic E-state index is 0.627. The second-order valence-corrected chi connectivity index (χ2v) is 6.08. The van der Waals surface area contributed by atoms with Gasteiger partial charge in [-0.05, 0) is 42.5 Å². The molecule has 0 aliphatic carbocycles. The number of nitrogens with zero attached hydrogens (tertiary/aromatic N) is 3. The van der Waals surface area contributed by atoms with Crippen molar-refractivity contribution in [3.05, 3.63) is 64.6 Å². The number of hydrogen-bond donors (Lipinski definition) is 0. The molecule has 0 radical (unpaired) electrons. The van der Waals surface area contributed by atoms with E-state index in [4.69, 9.17) is 0 Å². The van der Waals surface area contributed by atoms with Gasteiger partial charge in [-0.15, -0.1) is 0 Å². The van der Waals surface area contributed by atoms with Crippen LogP contribution in [-0.4, -0.2) is 9.55 Å². The van der Waals surface area contributed by atoms with E-state index in [-0.39, 0.29) is 0 Å². The Morgan fingerprint density at radius 2 is 1.91 bits per heavy atom. The maximum atomic E-state index is 9.39. The first-order chi connectivity index (χ1) is 10.7. The van der Waals surface area contributed by atoms with Gasteiger partial charge in [-0.2, -0.15) is 5.26 Å². The summed E-state index contributed by atoms with van der Waals surface area (Å²) < 4.78 is 2.01. The molecule has 1 aromatic heterocycles. The summed E-state index contributed by atoms with van der Waals surface area (Å²) in [6.07, 6.45) is 1.89. The van der Waals surface area contributed by atoms with E-state index in [9.17, 15) is 5.26 Å². The number of rotatable bonds is 3. The van der Waals surface area contributed by atoms with Crippen LogP contribution in [0.15, 0.2) is 58.6 Å². The monoisotopic (exact) mass is 305 g/mol. The average molecular weight is 305 g/mol. The zero-order valence-electron chi connectivity index (χ0n) is 12.4. The highest BCUT2D eigenvalue weighted by atomic mass is 32.2. The summed E-state index contributed by atoms with van der Waals surface area (Å²) in [6.45, 7) is 2.05. The van der Waals surface area contributed by atoms with E-state index in [1.54, 1.807) is 0 Å². The van der Waals surface area contributed by atoms with Gasteiger partial charge in [-0.25, -0.2) is 4.98 Å². The number of thioether (sulfide) groups is 1. The Hall–Kier alpha value is -2.51. The molecule has 0 fully saturated rings. The van der Waals surface area contributed by atoms with Gasteiger partial charge in [0.25, 0.3) is 0 Å². The van der Waals surface area contributed by atoms with E-state index in [0.29, 0.717) is 4.91 Å². The summed E-state index contributed by atoms with van der Waals surface area (Å²) >= 11 is 1.39. The lowest BCUT2D eigenvalue weighted by Gasteiger charge is -2.01. The van der Waals surface area contributed by atoms with E-state index < -0.39 is 0 Å². The number of fused-ring (bicyclic) bond motifs is 1. The third-order valence-corrected chi connectivity index (χ3v) is 4.41. The van der Waals surface area contributed by atoms with Crippen LogP contribution < -0.4 is 0 Å². The SMILES string of the molecule is Cc1ccc(C=C(C#N)Sc2nc3ccccc3n2C)cc1. The smallest absolute Gasteiger partial charge is 0.174 e. The Morgan fingerprint density at radius 1 is 1.18 bits per heavy atom.